The van der Waals surface area contributed by atoms with Crippen molar-refractivity contribution in [1.82, 2.24) is 9.80 Å². The van der Waals surface area contributed by atoms with Crippen molar-refractivity contribution in [2.45, 2.75) is 46.6 Å². The molecule has 2 aromatic rings. The molecule has 1 saturated heterocycles. The minimum atomic E-state index is -0.0102. The molecule has 1 aliphatic heterocycles. The Morgan fingerprint density at radius 3 is 2.50 bits per heavy atom. The summed E-state index contributed by atoms with van der Waals surface area (Å²) in [6, 6.07) is 12.9. The molecule has 6 heteroatoms. The highest BCUT2D eigenvalue weighted by molar-refractivity contribution is 7.16. The summed E-state index contributed by atoms with van der Waals surface area (Å²) in [6.07, 6.45) is 3.07. The molecule has 1 amide bonds. The molecule has 32 heavy (non-hydrogen) atoms. The SMILES string of the molecule is CC(C)(C)[C@@H]1CCc2c(sc(NC(=O)CN3CCN(Cc4ccccc4)CC3)c2C#N)C1. The van der Waals surface area contributed by atoms with E-state index in [1.165, 1.54) is 16.0 Å². The second kappa shape index (κ2) is 9.74. The Labute approximate surface area is 196 Å². The fourth-order valence-electron chi connectivity index (χ4n) is 4.85. The summed E-state index contributed by atoms with van der Waals surface area (Å²) in [5, 5.41) is 13.6. The molecule has 2 aliphatic rings. The molecule has 4 rings (SSSR count). The van der Waals surface area contributed by atoms with Crippen LogP contribution in [0.5, 0.6) is 0 Å². The molecule has 2 heterocycles. The molecule has 1 N–H and O–H groups in total. The molecule has 0 radical (unpaired) electrons. The third-order valence-corrected chi connectivity index (χ3v) is 8.11. The first kappa shape index (κ1) is 23.0. The number of carbonyl (C=O) groups excluding carboxylic acids is 1. The highest BCUT2D eigenvalue weighted by Gasteiger charge is 2.32. The third-order valence-electron chi connectivity index (χ3n) is 6.94. The monoisotopic (exact) mass is 450 g/mol. The van der Waals surface area contributed by atoms with Crippen LogP contribution in [0.1, 0.15) is 48.8 Å². The number of benzene rings is 1. The van der Waals surface area contributed by atoms with Gasteiger partial charge < -0.3 is 5.32 Å². The number of thiophene rings is 1. The van der Waals surface area contributed by atoms with E-state index in [0.717, 1.165) is 57.0 Å². The first-order valence-electron chi connectivity index (χ1n) is 11.7. The first-order valence-corrected chi connectivity index (χ1v) is 12.5. The van der Waals surface area contributed by atoms with Gasteiger partial charge in [-0.2, -0.15) is 5.26 Å². The number of nitriles is 1. The average Bonchev–Trinajstić information content (AvgIpc) is 3.11. The van der Waals surface area contributed by atoms with Gasteiger partial charge in [-0.3, -0.25) is 14.6 Å². The van der Waals surface area contributed by atoms with Gasteiger partial charge in [0.15, 0.2) is 0 Å². The first-order chi connectivity index (χ1) is 15.3. The minimum Gasteiger partial charge on any atom is -0.315 e. The molecule has 1 atom stereocenters. The van der Waals surface area contributed by atoms with E-state index in [4.69, 9.17) is 0 Å². The van der Waals surface area contributed by atoms with E-state index in [2.05, 4.69) is 66.2 Å². The number of anilines is 1. The molecule has 0 unspecified atom stereocenters. The van der Waals surface area contributed by atoms with Crippen LogP contribution in [0.3, 0.4) is 0 Å². The van der Waals surface area contributed by atoms with Crippen molar-refractivity contribution in [3.8, 4) is 6.07 Å². The Morgan fingerprint density at radius 1 is 1.16 bits per heavy atom. The Bertz CT molecular complexity index is 978. The number of piperazine rings is 1. The summed E-state index contributed by atoms with van der Waals surface area (Å²) in [7, 11) is 0. The Hall–Kier alpha value is -2.20. The van der Waals surface area contributed by atoms with Crippen LogP contribution in [0.2, 0.25) is 0 Å². The third kappa shape index (κ3) is 5.40. The molecule has 1 aromatic carbocycles. The Morgan fingerprint density at radius 2 is 1.84 bits per heavy atom. The molecule has 0 spiro atoms. The van der Waals surface area contributed by atoms with Crippen LogP contribution in [-0.2, 0) is 24.2 Å². The van der Waals surface area contributed by atoms with Gasteiger partial charge in [0.25, 0.3) is 0 Å². The summed E-state index contributed by atoms with van der Waals surface area (Å²) < 4.78 is 0. The van der Waals surface area contributed by atoms with E-state index in [1.807, 2.05) is 6.07 Å². The van der Waals surface area contributed by atoms with Crippen molar-refractivity contribution < 1.29 is 4.79 Å². The summed E-state index contributed by atoms with van der Waals surface area (Å²) >= 11 is 1.62. The van der Waals surface area contributed by atoms with Gasteiger partial charge in [0.2, 0.25) is 5.91 Å². The van der Waals surface area contributed by atoms with E-state index in [-0.39, 0.29) is 11.3 Å². The fraction of sp³-hybridized carbons (Fsp3) is 0.538. The number of fused-ring (bicyclic) bond motifs is 1. The highest BCUT2D eigenvalue weighted by Crippen LogP contribution is 2.43. The summed E-state index contributed by atoms with van der Waals surface area (Å²) in [4.78, 5) is 18.7. The van der Waals surface area contributed by atoms with Crippen molar-refractivity contribution >= 4 is 22.2 Å². The highest BCUT2D eigenvalue weighted by atomic mass is 32.1. The summed E-state index contributed by atoms with van der Waals surface area (Å²) in [5.41, 5.74) is 3.46. The van der Waals surface area contributed by atoms with E-state index >= 15 is 0 Å². The molecule has 1 fully saturated rings. The van der Waals surface area contributed by atoms with Gasteiger partial charge in [0, 0.05) is 37.6 Å². The van der Waals surface area contributed by atoms with E-state index in [1.54, 1.807) is 11.3 Å². The topological polar surface area (TPSA) is 59.4 Å². The molecule has 1 aliphatic carbocycles. The van der Waals surface area contributed by atoms with Crippen molar-refractivity contribution in [2.75, 3.05) is 38.0 Å². The number of rotatable bonds is 5. The zero-order valence-corrected chi connectivity index (χ0v) is 20.3. The predicted octanol–water partition coefficient (Wildman–Crippen LogP) is 4.53. The molecular weight excluding hydrogens is 416 g/mol. The number of amides is 1. The van der Waals surface area contributed by atoms with Gasteiger partial charge in [-0.1, -0.05) is 51.1 Å². The second-order valence-corrected chi connectivity index (χ2v) is 11.3. The van der Waals surface area contributed by atoms with Gasteiger partial charge in [0.05, 0.1) is 12.1 Å². The van der Waals surface area contributed by atoms with Crippen molar-refractivity contribution in [1.29, 1.82) is 5.26 Å². The molecule has 0 saturated carbocycles. The van der Waals surface area contributed by atoms with Crippen LogP contribution in [-0.4, -0.2) is 48.4 Å². The van der Waals surface area contributed by atoms with E-state index < -0.39 is 0 Å². The number of hydrogen-bond donors (Lipinski definition) is 1. The summed E-state index contributed by atoms with van der Waals surface area (Å²) in [5.74, 6) is 0.611. The molecule has 170 valence electrons. The lowest BCUT2D eigenvalue weighted by atomic mass is 9.72. The zero-order chi connectivity index (χ0) is 22.7. The minimum absolute atomic E-state index is 0.0102. The lowest BCUT2D eigenvalue weighted by Gasteiger charge is -2.34. The maximum absolute atomic E-state index is 12.8. The smallest absolute Gasteiger partial charge is 0.239 e. The average molecular weight is 451 g/mol. The molecule has 0 bridgehead atoms. The van der Waals surface area contributed by atoms with E-state index in [0.29, 0.717) is 18.0 Å². The fourth-order valence-corrected chi connectivity index (χ4v) is 6.14. The van der Waals surface area contributed by atoms with Gasteiger partial charge in [0.1, 0.15) is 11.1 Å². The normalized spacial score (nSPS) is 19.9. The van der Waals surface area contributed by atoms with Crippen molar-refractivity contribution in [3.63, 3.8) is 0 Å². The largest absolute Gasteiger partial charge is 0.315 e. The predicted molar refractivity (Wildman–Crippen MR) is 131 cm³/mol. The van der Waals surface area contributed by atoms with Gasteiger partial charge in [-0.25, -0.2) is 0 Å². The van der Waals surface area contributed by atoms with Crippen LogP contribution in [0.4, 0.5) is 5.00 Å². The molecule has 5 nitrogen and oxygen atoms in total. The van der Waals surface area contributed by atoms with Crippen LogP contribution in [0.15, 0.2) is 30.3 Å². The van der Waals surface area contributed by atoms with Crippen LogP contribution >= 0.6 is 11.3 Å². The van der Waals surface area contributed by atoms with E-state index in [9.17, 15) is 10.1 Å². The Balaban J connectivity index is 1.31. The van der Waals surface area contributed by atoms with Gasteiger partial charge in [-0.05, 0) is 41.7 Å². The maximum atomic E-state index is 12.8. The van der Waals surface area contributed by atoms with Crippen LogP contribution in [0.25, 0.3) is 0 Å². The number of nitrogens with one attached hydrogen (secondary N) is 1. The van der Waals surface area contributed by atoms with Gasteiger partial charge >= 0.3 is 0 Å². The quantitative estimate of drug-likeness (QED) is 0.727. The Kier molecular flexibility index (Phi) is 6.99. The maximum Gasteiger partial charge on any atom is 0.239 e. The summed E-state index contributed by atoms with van der Waals surface area (Å²) in [6.45, 7) is 11.9. The number of carbonyl (C=O) groups is 1. The molecule has 1 aromatic heterocycles. The van der Waals surface area contributed by atoms with Crippen molar-refractivity contribution in [2.24, 2.45) is 11.3 Å². The second-order valence-electron chi connectivity index (χ2n) is 10.2. The van der Waals surface area contributed by atoms with Crippen LogP contribution < -0.4 is 5.32 Å². The van der Waals surface area contributed by atoms with Crippen molar-refractivity contribution in [3.05, 3.63) is 51.9 Å². The van der Waals surface area contributed by atoms with Gasteiger partial charge in [-0.15, -0.1) is 11.3 Å². The number of hydrogen-bond acceptors (Lipinski definition) is 5. The lowest BCUT2D eigenvalue weighted by Crippen LogP contribution is -2.48. The molecular formula is C26H34N4OS. The lowest BCUT2D eigenvalue weighted by molar-refractivity contribution is -0.117. The van der Waals surface area contributed by atoms with Crippen LogP contribution in [0, 0.1) is 22.7 Å². The number of nitrogens with zero attached hydrogens (tertiary/aromatic N) is 3. The zero-order valence-electron chi connectivity index (χ0n) is 19.5. The standard InChI is InChI=1S/C26H34N4OS/c1-26(2,3)20-9-10-21-22(16-27)25(32-23(21)15-20)28-24(31)18-30-13-11-29(12-14-30)17-19-7-5-4-6-8-19/h4-8,20H,9-15,17-18H2,1-3H3,(H,28,31)/t20-/m1/s1.